The van der Waals surface area contributed by atoms with E-state index in [2.05, 4.69) is 55.1 Å². The molecule has 2 fully saturated rings. The van der Waals surface area contributed by atoms with Crippen LogP contribution >= 0.6 is 27.3 Å². The first-order valence-electron chi connectivity index (χ1n) is 6.40. The Hall–Kier alpha value is 0.165. The van der Waals surface area contributed by atoms with Crippen molar-refractivity contribution in [1.29, 1.82) is 0 Å². The molecule has 1 aromatic rings. The van der Waals surface area contributed by atoms with Gasteiger partial charge in [0.2, 0.25) is 0 Å². The van der Waals surface area contributed by atoms with E-state index in [0.29, 0.717) is 11.7 Å². The molecular formula is C13H18BBrO2S. The fourth-order valence-electron chi connectivity index (χ4n) is 2.45. The van der Waals surface area contributed by atoms with E-state index in [1.165, 1.54) is 15.8 Å². The molecule has 2 unspecified atom stereocenters. The zero-order valence-corrected chi connectivity index (χ0v) is 13.6. The minimum Gasteiger partial charge on any atom is -0.403 e. The van der Waals surface area contributed by atoms with Gasteiger partial charge in [-0.3, -0.25) is 0 Å². The van der Waals surface area contributed by atoms with Crippen molar-refractivity contribution >= 4 is 34.4 Å². The van der Waals surface area contributed by atoms with Gasteiger partial charge in [-0.05, 0) is 67.4 Å². The monoisotopic (exact) mass is 328 g/mol. The van der Waals surface area contributed by atoms with Crippen LogP contribution in [0.5, 0.6) is 0 Å². The largest absolute Gasteiger partial charge is 0.461 e. The van der Waals surface area contributed by atoms with Crippen LogP contribution in [0, 0.1) is 0 Å². The third-order valence-corrected chi connectivity index (χ3v) is 6.45. The zero-order chi connectivity index (χ0) is 13.1. The topological polar surface area (TPSA) is 18.5 Å². The fraction of sp³-hybridized carbons (Fsp3) is 0.692. The Morgan fingerprint density at radius 3 is 2.39 bits per heavy atom. The lowest BCUT2D eigenvalue weighted by Crippen LogP contribution is -2.41. The molecule has 0 bridgehead atoms. The summed E-state index contributed by atoms with van der Waals surface area (Å²) in [4.78, 5) is 1.44. The van der Waals surface area contributed by atoms with Gasteiger partial charge in [0.25, 0.3) is 0 Å². The standard InChI is InChI=1S/C13H18BBrO2S/c1-12(2)13(3,4)17-14(16-12)9-7-8(9)11-10(15)5-6-18-11/h5-6,8-9H,7H2,1-4H3. The van der Waals surface area contributed by atoms with Gasteiger partial charge >= 0.3 is 7.12 Å². The van der Waals surface area contributed by atoms with E-state index < -0.39 is 0 Å². The van der Waals surface area contributed by atoms with Gasteiger partial charge in [0.05, 0.1) is 11.2 Å². The van der Waals surface area contributed by atoms with Crippen molar-refractivity contribution in [3.63, 3.8) is 0 Å². The quantitative estimate of drug-likeness (QED) is 0.746. The minimum absolute atomic E-state index is 0.0472. The third kappa shape index (κ3) is 2.00. The first-order valence-corrected chi connectivity index (χ1v) is 8.07. The summed E-state index contributed by atoms with van der Waals surface area (Å²) in [5, 5.41) is 2.14. The first kappa shape index (κ1) is 13.2. The second-order valence-corrected chi connectivity index (χ2v) is 8.07. The molecule has 0 N–H and O–H groups in total. The molecule has 1 aromatic heterocycles. The Kier molecular flexibility index (Phi) is 2.98. The third-order valence-electron chi connectivity index (χ3n) is 4.44. The number of rotatable bonds is 2. The van der Waals surface area contributed by atoms with Gasteiger partial charge in [-0.1, -0.05) is 0 Å². The molecule has 1 saturated carbocycles. The van der Waals surface area contributed by atoms with E-state index >= 15 is 0 Å². The van der Waals surface area contributed by atoms with E-state index in [9.17, 15) is 0 Å². The van der Waals surface area contributed by atoms with E-state index in [0.717, 1.165) is 0 Å². The highest BCUT2D eigenvalue weighted by Gasteiger charge is 2.60. The maximum atomic E-state index is 6.12. The lowest BCUT2D eigenvalue weighted by atomic mass is 9.80. The predicted molar refractivity (Wildman–Crippen MR) is 79.2 cm³/mol. The second-order valence-electron chi connectivity index (χ2n) is 6.26. The van der Waals surface area contributed by atoms with Crippen molar-refractivity contribution < 1.29 is 9.31 Å². The fourth-order valence-corrected chi connectivity index (χ4v) is 4.31. The zero-order valence-electron chi connectivity index (χ0n) is 11.2. The lowest BCUT2D eigenvalue weighted by Gasteiger charge is -2.32. The van der Waals surface area contributed by atoms with Gasteiger partial charge < -0.3 is 9.31 Å². The number of hydrogen-bond donors (Lipinski definition) is 0. The molecule has 98 valence electrons. The molecule has 0 aromatic carbocycles. The molecule has 0 amide bonds. The van der Waals surface area contributed by atoms with Crippen LogP contribution in [0.3, 0.4) is 0 Å². The van der Waals surface area contributed by atoms with Crippen LogP contribution in [0.2, 0.25) is 5.82 Å². The summed E-state index contributed by atoms with van der Waals surface area (Å²) in [6, 6.07) is 2.12. The van der Waals surface area contributed by atoms with Crippen LogP contribution in [0.1, 0.15) is 44.9 Å². The normalized spacial score (nSPS) is 32.8. The first-order chi connectivity index (χ1) is 8.32. The highest BCUT2D eigenvalue weighted by atomic mass is 79.9. The highest BCUT2D eigenvalue weighted by Crippen LogP contribution is 2.60. The van der Waals surface area contributed by atoms with Gasteiger partial charge in [0, 0.05) is 15.2 Å². The predicted octanol–water partition coefficient (Wildman–Crippen LogP) is 4.46. The Balaban J connectivity index is 1.72. The van der Waals surface area contributed by atoms with Crippen molar-refractivity contribution in [3.8, 4) is 0 Å². The van der Waals surface area contributed by atoms with Gasteiger partial charge in [-0.2, -0.15) is 0 Å². The van der Waals surface area contributed by atoms with Gasteiger partial charge in [-0.15, -0.1) is 11.3 Å². The maximum absolute atomic E-state index is 6.12. The number of hydrogen-bond acceptors (Lipinski definition) is 3. The maximum Gasteiger partial charge on any atom is 0.461 e. The molecular weight excluding hydrogens is 311 g/mol. The Bertz CT molecular complexity index is 455. The Morgan fingerprint density at radius 2 is 1.89 bits per heavy atom. The minimum atomic E-state index is -0.211. The summed E-state index contributed by atoms with van der Waals surface area (Å²) >= 11 is 5.44. The van der Waals surface area contributed by atoms with Crippen molar-refractivity contribution in [2.24, 2.45) is 0 Å². The van der Waals surface area contributed by atoms with E-state index in [-0.39, 0.29) is 18.3 Å². The summed E-state index contributed by atoms with van der Waals surface area (Å²) in [6.07, 6.45) is 1.18. The van der Waals surface area contributed by atoms with Crippen molar-refractivity contribution in [1.82, 2.24) is 0 Å². The van der Waals surface area contributed by atoms with E-state index in [1.807, 2.05) is 11.3 Å². The molecule has 1 aliphatic carbocycles. The second kappa shape index (κ2) is 4.08. The van der Waals surface area contributed by atoms with Crippen LogP contribution in [-0.4, -0.2) is 18.3 Å². The number of thiophene rings is 1. The van der Waals surface area contributed by atoms with Gasteiger partial charge in [0.15, 0.2) is 0 Å². The lowest BCUT2D eigenvalue weighted by molar-refractivity contribution is 0.00578. The van der Waals surface area contributed by atoms with Crippen LogP contribution < -0.4 is 0 Å². The molecule has 1 aliphatic heterocycles. The SMILES string of the molecule is CC1(C)OB(C2CC2c2sccc2Br)OC1(C)C. The molecule has 3 rings (SSSR count). The smallest absolute Gasteiger partial charge is 0.403 e. The molecule has 2 atom stereocenters. The van der Waals surface area contributed by atoms with E-state index in [1.54, 1.807) is 0 Å². The summed E-state index contributed by atoms with van der Waals surface area (Å²) in [5.74, 6) is 1.12. The van der Waals surface area contributed by atoms with Crippen LogP contribution in [0.15, 0.2) is 15.9 Å². The molecule has 5 heteroatoms. The molecule has 0 radical (unpaired) electrons. The van der Waals surface area contributed by atoms with Crippen LogP contribution in [0.25, 0.3) is 0 Å². The summed E-state index contributed by atoms with van der Waals surface area (Å²) < 4.78 is 13.5. The van der Waals surface area contributed by atoms with Gasteiger partial charge in [-0.25, -0.2) is 0 Å². The number of halogens is 1. The molecule has 2 heterocycles. The van der Waals surface area contributed by atoms with Gasteiger partial charge in [0.1, 0.15) is 0 Å². The molecule has 0 spiro atoms. The van der Waals surface area contributed by atoms with Crippen molar-refractivity contribution in [2.75, 3.05) is 0 Å². The Labute approximate surface area is 121 Å². The molecule has 2 nitrogen and oxygen atoms in total. The summed E-state index contributed by atoms with van der Waals surface area (Å²) in [7, 11) is -0.0472. The van der Waals surface area contributed by atoms with Crippen molar-refractivity contribution in [3.05, 3.63) is 20.8 Å². The average molecular weight is 329 g/mol. The van der Waals surface area contributed by atoms with E-state index in [4.69, 9.17) is 9.31 Å². The van der Waals surface area contributed by atoms with Crippen LogP contribution in [0.4, 0.5) is 0 Å². The van der Waals surface area contributed by atoms with Crippen molar-refractivity contribution in [2.45, 2.75) is 57.1 Å². The molecule has 18 heavy (non-hydrogen) atoms. The highest BCUT2D eigenvalue weighted by molar-refractivity contribution is 9.10. The summed E-state index contributed by atoms with van der Waals surface area (Å²) in [5.41, 5.74) is -0.422. The molecule has 1 saturated heterocycles. The van der Waals surface area contributed by atoms with Crippen LogP contribution in [-0.2, 0) is 9.31 Å². The average Bonchev–Trinajstić information content (AvgIpc) is 2.86. The summed E-state index contributed by atoms with van der Waals surface area (Å²) in [6.45, 7) is 8.47. The Morgan fingerprint density at radius 1 is 1.28 bits per heavy atom. The molecule has 2 aliphatic rings.